The van der Waals surface area contributed by atoms with E-state index in [0.717, 1.165) is 17.8 Å². The van der Waals surface area contributed by atoms with Crippen molar-refractivity contribution < 1.29 is 4.79 Å². The molecule has 1 aliphatic heterocycles. The topological polar surface area (TPSA) is 58.4 Å². The van der Waals surface area contributed by atoms with E-state index < -0.39 is 0 Å². The minimum Gasteiger partial charge on any atom is -0.333 e. The third-order valence-electron chi connectivity index (χ3n) is 3.20. The van der Waals surface area contributed by atoms with E-state index in [9.17, 15) is 4.79 Å². The maximum absolute atomic E-state index is 11.9. The summed E-state index contributed by atoms with van der Waals surface area (Å²) in [4.78, 5) is 13.7. The van der Waals surface area contributed by atoms with E-state index in [1.54, 1.807) is 4.90 Å². The Hall–Kier alpha value is -1.55. The maximum Gasteiger partial charge on any atom is 0.322 e. The second-order valence-electron chi connectivity index (χ2n) is 4.78. The normalized spacial score (nSPS) is 19.9. The number of rotatable bonds is 3. The molecule has 2 amide bonds. The molecule has 3 N–H and O–H groups in total. The fourth-order valence-corrected chi connectivity index (χ4v) is 2.01. The van der Waals surface area contributed by atoms with Gasteiger partial charge in [-0.05, 0) is 23.6 Å². The van der Waals surface area contributed by atoms with Crippen LogP contribution in [-0.2, 0) is 6.54 Å². The predicted octanol–water partition coefficient (Wildman–Crippen LogP) is 1.70. The van der Waals surface area contributed by atoms with Gasteiger partial charge in [0.25, 0.3) is 0 Å². The standard InChI is InChI=1S/C13H19N3O/c1-9(2)12-8-16(13(17)15-12)11-5-3-4-10(6-11)7-14/h3-6,9,12H,7-8,14H2,1-2H3,(H,15,17). The quantitative estimate of drug-likeness (QED) is 0.834. The lowest BCUT2D eigenvalue weighted by Gasteiger charge is -2.16. The highest BCUT2D eigenvalue weighted by atomic mass is 16.2. The van der Waals surface area contributed by atoms with Gasteiger partial charge in [-0.25, -0.2) is 4.79 Å². The molecule has 0 aliphatic carbocycles. The lowest BCUT2D eigenvalue weighted by molar-refractivity contribution is 0.249. The molecule has 0 aromatic heterocycles. The molecule has 0 bridgehead atoms. The van der Waals surface area contributed by atoms with Crippen molar-refractivity contribution >= 4 is 11.7 Å². The van der Waals surface area contributed by atoms with Gasteiger partial charge < -0.3 is 11.1 Å². The number of benzene rings is 1. The summed E-state index contributed by atoms with van der Waals surface area (Å²) in [5, 5.41) is 3.00. The van der Waals surface area contributed by atoms with E-state index in [1.165, 1.54) is 0 Å². The third kappa shape index (κ3) is 2.42. The summed E-state index contributed by atoms with van der Waals surface area (Å²) in [5.74, 6) is 0.446. The number of nitrogens with two attached hydrogens (primary N) is 1. The molecule has 1 heterocycles. The van der Waals surface area contributed by atoms with E-state index in [-0.39, 0.29) is 12.1 Å². The van der Waals surface area contributed by atoms with Crippen molar-refractivity contribution in [2.45, 2.75) is 26.4 Å². The average molecular weight is 233 g/mol. The summed E-state index contributed by atoms with van der Waals surface area (Å²) in [5.41, 5.74) is 7.58. The van der Waals surface area contributed by atoms with Crippen LogP contribution in [0.4, 0.5) is 10.5 Å². The zero-order valence-electron chi connectivity index (χ0n) is 10.3. The van der Waals surface area contributed by atoms with Crippen LogP contribution in [0, 0.1) is 5.92 Å². The van der Waals surface area contributed by atoms with Gasteiger partial charge in [-0.1, -0.05) is 26.0 Å². The Morgan fingerprint density at radius 3 is 2.88 bits per heavy atom. The number of carbonyl (C=O) groups is 1. The fourth-order valence-electron chi connectivity index (χ4n) is 2.01. The summed E-state index contributed by atoms with van der Waals surface area (Å²) < 4.78 is 0. The Balaban J connectivity index is 2.19. The molecule has 4 nitrogen and oxygen atoms in total. The first kappa shape index (κ1) is 11.9. The first-order valence-electron chi connectivity index (χ1n) is 5.99. The molecule has 1 saturated heterocycles. The molecule has 4 heteroatoms. The molecule has 0 radical (unpaired) electrons. The van der Waals surface area contributed by atoms with Gasteiger partial charge in [-0.3, -0.25) is 4.90 Å². The van der Waals surface area contributed by atoms with Gasteiger partial charge in [0, 0.05) is 18.8 Å². The summed E-state index contributed by atoms with van der Waals surface area (Å²) in [6.07, 6.45) is 0. The summed E-state index contributed by atoms with van der Waals surface area (Å²) in [6, 6.07) is 8.04. The van der Waals surface area contributed by atoms with Gasteiger partial charge in [-0.15, -0.1) is 0 Å². The Morgan fingerprint density at radius 1 is 1.53 bits per heavy atom. The lowest BCUT2D eigenvalue weighted by Crippen LogP contribution is -2.31. The van der Waals surface area contributed by atoms with Gasteiger partial charge in [0.15, 0.2) is 0 Å². The van der Waals surface area contributed by atoms with E-state index in [2.05, 4.69) is 19.2 Å². The van der Waals surface area contributed by atoms with E-state index in [0.29, 0.717) is 12.5 Å². The third-order valence-corrected chi connectivity index (χ3v) is 3.20. The van der Waals surface area contributed by atoms with Crippen LogP contribution in [0.2, 0.25) is 0 Å². The Kier molecular flexibility index (Phi) is 3.33. The number of nitrogens with zero attached hydrogens (tertiary/aromatic N) is 1. The van der Waals surface area contributed by atoms with Crippen molar-refractivity contribution in [1.29, 1.82) is 0 Å². The average Bonchev–Trinajstić information content (AvgIpc) is 2.72. The van der Waals surface area contributed by atoms with Gasteiger partial charge in [0.1, 0.15) is 0 Å². The van der Waals surface area contributed by atoms with Crippen LogP contribution in [0.1, 0.15) is 19.4 Å². The first-order chi connectivity index (χ1) is 8.11. The van der Waals surface area contributed by atoms with E-state index in [1.807, 2.05) is 24.3 Å². The van der Waals surface area contributed by atoms with Crippen LogP contribution in [0.3, 0.4) is 0 Å². The molecule has 17 heavy (non-hydrogen) atoms. The van der Waals surface area contributed by atoms with E-state index >= 15 is 0 Å². The second-order valence-corrected chi connectivity index (χ2v) is 4.78. The van der Waals surface area contributed by atoms with Crippen molar-refractivity contribution in [2.24, 2.45) is 11.7 Å². The summed E-state index contributed by atoms with van der Waals surface area (Å²) in [6.45, 7) is 5.46. The molecule has 1 aliphatic rings. The number of anilines is 1. The molecular formula is C13H19N3O. The van der Waals surface area contributed by atoms with Gasteiger partial charge in [-0.2, -0.15) is 0 Å². The lowest BCUT2D eigenvalue weighted by atomic mass is 10.1. The van der Waals surface area contributed by atoms with Crippen molar-refractivity contribution in [1.82, 2.24) is 5.32 Å². The molecule has 1 atom stereocenters. The first-order valence-corrected chi connectivity index (χ1v) is 5.99. The Bertz CT molecular complexity index is 417. The van der Waals surface area contributed by atoms with Crippen LogP contribution < -0.4 is 16.0 Å². The van der Waals surface area contributed by atoms with E-state index in [4.69, 9.17) is 5.73 Å². The highest BCUT2D eigenvalue weighted by Gasteiger charge is 2.31. The van der Waals surface area contributed by atoms with Crippen molar-refractivity contribution in [3.05, 3.63) is 29.8 Å². The number of hydrogen-bond acceptors (Lipinski definition) is 2. The van der Waals surface area contributed by atoms with Gasteiger partial charge in [0.05, 0.1) is 6.04 Å². The molecule has 0 spiro atoms. The second kappa shape index (κ2) is 4.75. The monoisotopic (exact) mass is 233 g/mol. The largest absolute Gasteiger partial charge is 0.333 e. The Labute approximate surface area is 102 Å². The van der Waals surface area contributed by atoms with Crippen LogP contribution in [-0.4, -0.2) is 18.6 Å². The Morgan fingerprint density at radius 2 is 2.29 bits per heavy atom. The number of amides is 2. The van der Waals surface area contributed by atoms with Crippen LogP contribution in [0.25, 0.3) is 0 Å². The fraction of sp³-hybridized carbons (Fsp3) is 0.462. The van der Waals surface area contributed by atoms with Crippen LogP contribution in [0.5, 0.6) is 0 Å². The number of urea groups is 1. The zero-order chi connectivity index (χ0) is 12.4. The van der Waals surface area contributed by atoms with Crippen LogP contribution in [0.15, 0.2) is 24.3 Å². The molecule has 92 valence electrons. The molecular weight excluding hydrogens is 214 g/mol. The highest BCUT2D eigenvalue weighted by molar-refractivity contribution is 5.94. The van der Waals surface area contributed by atoms with Crippen molar-refractivity contribution in [2.75, 3.05) is 11.4 Å². The predicted molar refractivity (Wildman–Crippen MR) is 68.8 cm³/mol. The van der Waals surface area contributed by atoms with Gasteiger partial charge >= 0.3 is 6.03 Å². The molecule has 1 fully saturated rings. The minimum absolute atomic E-state index is 0.0159. The summed E-state index contributed by atoms with van der Waals surface area (Å²) >= 11 is 0. The van der Waals surface area contributed by atoms with Crippen molar-refractivity contribution in [3.8, 4) is 0 Å². The smallest absolute Gasteiger partial charge is 0.322 e. The van der Waals surface area contributed by atoms with Gasteiger partial charge in [0.2, 0.25) is 0 Å². The summed E-state index contributed by atoms with van der Waals surface area (Å²) in [7, 11) is 0. The SMILES string of the molecule is CC(C)C1CN(c2cccc(CN)c2)C(=O)N1. The molecule has 1 aromatic rings. The minimum atomic E-state index is -0.0159. The molecule has 1 aromatic carbocycles. The molecule has 0 saturated carbocycles. The molecule has 1 unspecified atom stereocenters. The number of nitrogens with one attached hydrogen (secondary N) is 1. The van der Waals surface area contributed by atoms with Crippen LogP contribution >= 0.6 is 0 Å². The van der Waals surface area contributed by atoms with Crippen molar-refractivity contribution in [3.63, 3.8) is 0 Å². The highest BCUT2D eigenvalue weighted by Crippen LogP contribution is 2.21. The zero-order valence-corrected chi connectivity index (χ0v) is 10.3. The molecule has 2 rings (SSSR count). The number of carbonyl (C=O) groups excluding carboxylic acids is 1. The number of hydrogen-bond donors (Lipinski definition) is 2. The maximum atomic E-state index is 11.9.